The summed E-state index contributed by atoms with van der Waals surface area (Å²) in [5.41, 5.74) is -1.67. The Morgan fingerprint density at radius 3 is 2.52 bits per heavy atom. The number of nitrogens with zero attached hydrogens (tertiary/aromatic N) is 4. The predicted molar refractivity (Wildman–Crippen MR) is 78.4 cm³/mol. The molecule has 1 N–H and O–H groups in total. The van der Waals surface area contributed by atoms with E-state index in [-0.39, 0.29) is 6.04 Å². The van der Waals surface area contributed by atoms with Crippen molar-refractivity contribution in [3.05, 3.63) is 25.8 Å². The second-order valence-electron chi connectivity index (χ2n) is 5.53. The van der Waals surface area contributed by atoms with Crippen molar-refractivity contribution in [1.29, 1.82) is 5.39 Å². The van der Waals surface area contributed by atoms with E-state index in [0.29, 0.717) is 13.0 Å². The van der Waals surface area contributed by atoms with E-state index in [0.717, 1.165) is 47.7 Å². The number of diazo groups is 1. The molecular formula is C14H21N4O3+. The van der Waals surface area contributed by atoms with E-state index in [1.54, 1.807) is 0 Å². The van der Waals surface area contributed by atoms with Gasteiger partial charge in [-0.15, -0.1) is 0 Å². The summed E-state index contributed by atoms with van der Waals surface area (Å²) in [7, 11) is 0. The lowest BCUT2D eigenvalue weighted by Crippen LogP contribution is -2.42. The van der Waals surface area contributed by atoms with Gasteiger partial charge >= 0.3 is 22.8 Å². The SMILES string of the molecule is CCCCn1c(O)c([N+]#N)c(=O)n(C2CCCCC2)c1=O. The van der Waals surface area contributed by atoms with Crippen molar-refractivity contribution >= 4 is 5.69 Å². The van der Waals surface area contributed by atoms with Crippen molar-refractivity contribution in [1.82, 2.24) is 9.13 Å². The maximum absolute atomic E-state index is 12.5. The van der Waals surface area contributed by atoms with Gasteiger partial charge in [-0.3, -0.25) is 9.36 Å². The van der Waals surface area contributed by atoms with Gasteiger partial charge in [0.15, 0.2) is 4.98 Å². The molecule has 1 aliphatic carbocycles. The van der Waals surface area contributed by atoms with E-state index in [9.17, 15) is 14.7 Å². The molecule has 0 radical (unpaired) electrons. The molecule has 0 bridgehead atoms. The Kier molecular flexibility index (Phi) is 4.78. The minimum absolute atomic E-state index is 0.173. The molecule has 21 heavy (non-hydrogen) atoms. The van der Waals surface area contributed by atoms with Crippen molar-refractivity contribution in [2.45, 2.75) is 64.5 Å². The van der Waals surface area contributed by atoms with Crippen LogP contribution in [-0.2, 0) is 6.54 Å². The van der Waals surface area contributed by atoms with Gasteiger partial charge in [0.2, 0.25) is 5.39 Å². The third-order valence-electron chi connectivity index (χ3n) is 4.10. The Morgan fingerprint density at radius 1 is 1.29 bits per heavy atom. The average molecular weight is 293 g/mol. The third kappa shape index (κ3) is 2.84. The summed E-state index contributed by atoms with van der Waals surface area (Å²) < 4.78 is 2.29. The van der Waals surface area contributed by atoms with Crippen LogP contribution in [0.4, 0.5) is 5.69 Å². The van der Waals surface area contributed by atoms with Gasteiger partial charge in [0, 0.05) is 12.6 Å². The summed E-state index contributed by atoms with van der Waals surface area (Å²) >= 11 is 0. The highest BCUT2D eigenvalue weighted by Gasteiger charge is 2.31. The molecule has 1 fully saturated rings. The molecule has 1 saturated carbocycles. The molecule has 7 heteroatoms. The number of aromatic nitrogens is 2. The van der Waals surface area contributed by atoms with Crippen molar-refractivity contribution in [3.8, 4) is 5.88 Å². The summed E-state index contributed by atoms with van der Waals surface area (Å²) in [5.74, 6) is -0.548. The lowest BCUT2D eigenvalue weighted by molar-refractivity contribution is 0.316. The molecule has 0 spiro atoms. The highest BCUT2D eigenvalue weighted by molar-refractivity contribution is 5.50. The first-order chi connectivity index (χ1) is 10.1. The summed E-state index contributed by atoms with van der Waals surface area (Å²) in [5, 5.41) is 19.0. The van der Waals surface area contributed by atoms with Crippen molar-refractivity contribution < 1.29 is 5.11 Å². The predicted octanol–water partition coefficient (Wildman–Crippen LogP) is 2.51. The van der Waals surface area contributed by atoms with Gasteiger partial charge in [0.1, 0.15) is 0 Å². The monoisotopic (exact) mass is 293 g/mol. The molecule has 0 aliphatic heterocycles. The zero-order valence-electron chi connectivity index (χ0n) is 12.3. The largest absolute Gasteiger partial charge is 0.508 e. The molecule has 1 aromatic heterocycles. The minimum atomic E-state index is -0.709. The van der Waals surface area contributed by atoms with Crippen LogP contribution in [0.2, 0.25) is 0 Å². The van der Waals surface area contributed by atoms with Crippen LogP contribution in [0, 0.1) is 5.39 Å². The number of aromatic hydroxyl groups is 1. The molecular weight excluding hydrogens is 272 g/mol. The van der Waals surface area contributed by atoms with Crippen LogP contribution >= 0.6 is 0 Å². The van der Waals surface area contributed by atoms with Crippen LogP contribution in [0.15, 0.2) is 9.59 Å². The fourth-order valence-electron chi connectivity index (χ4n) is 2.91. The Morgan fingerprint density at radius 2 is 1.95 bits per heavy atom. The number of unbranched alkanes of at least 4 members (excludes halogenated alkanes) is 1. The van der Waals surface area contributed by atoms with E-state index >= 15 is 0 Å². The molecule has 2 rings (SSSR count). The maximum atomic E-state index is 12.5. The topological polar surface area (TPSA) is 92.4 Å². The van der Waals surface area contributed by atoms with E-state index in [1.165, 1.54) is 0 Å². The van der Waals surface area contributed by atoms with Gasteiger partial charge in [-0.25, -0.2) is 9.36 Å². The molecule has 0 saturated heterocycles. The van der Waals surface area contributed by atoms with Crippen molar-refractivity contribution in [2.24, 2.45) is 0 Å². The molecule has 0 aromatic carbocycles. The zero-order chi connectivity index (χ0) is 15.4. The lowest BCUT2D eigenvalue weighted by Gasteiger charge is -2.23. The molecule has 7 nitrogen and oxygen atoms in total. The van der Waals surface area contributed by atoms with E-state index in [4.69, 9.17) is 5.39 Å². The fraction of sp³-hybridized carbons (Fsp3) is 0.714. The summed E-state index contributed by atoms with van der Waals surface area (Å²) in [6, 6.07) is -0.173. The van der Waals surface area contributed by atoms with Crippen LogP contribution in [0.25, 0.3) is 4.98 Å². The fourth-order valence-corrected chi connectivity index (χ4v) is 2.91. The molecule has 0 unspecified atom stereocenters. The zero-order valence-corrected chi connectivity index (χ0v) is 12.3. The standard InChI is InChI=1S/C14H20N4O3/c1-2-3-9-17-12(19)11(16-15)13(20)18(14(17)21)10-7-5-4-6-8-10/h10H,2-9H2,1H3/p+1. The average Bonchev–Trinajstić information content (AvgIpc) is 2.49. The van der Waals surface area contributed by atoms with Crippen molar-refractivity contribution in [3.63, 3.8) is 0 Å². The minimum Gasteiger partial charge on any atom is -0.488 e. The van der Waals surface area contributed by atoms with Gasteiger partial charge in [-0.1, -0.05) is 32.6 Å². The van der Waals surface area contributed by atoms with Crippen LogP contribution in [0.5, 0.6) is 5.88 Å². The first-order valence-electron chi connectivity index (χ1n) is 7.55. The first kappa shape index (κ1) is 15.3. The Balaban J connectivity index is 2.60. The van der Waals surface area contributed by atoms with Gasteiger partial charge in [0.05, 0.1) is 0 Å². The normalized spacial score (nSPS) is 15.8. The Bertz CT molecular complexity index is 663. The Hall–Kier alpha value is -2.10. The number of hydrogen-bond acceptors (Lipinski definition) is 4. The van der Waals surface area contributed by atoms with E-state index < -0.39 is 22.8 Å². The molecule has 1 aliphatic rings. The Labute approximate surface area is 122 Å². The quantitative estimate of drug-likeness (QED) is 0.863. The molecule has 1 heterocycles. The first-order valence-corrected chi connectivity index (χ1v) is 7.55. The summed E-state index contributed by atoms with van der Waals surface area (Å²) in [4.78, 5) is 27.7. The maximum Gasteiger partial charge on any atom is 0.508 e. The van der Waals surface area contributed by atoms with Gasteiger partial charge in [0.25, 0.3) is 0 Å². The second kappa shape index (κ2) is 6.57. The summed E-state index contributed by atoms with van der Waals surface area (Å²) in [6.45, 7) is 2.27. The third-order valence-corrected chi connectivity index (χ3v) is 4.10. The summed E-state index contributed by atoms with van der Waals surface area (Å²) in [6.07, 6.45) is 6.11. The van der Waals surface area contributed by atoms with E-state index in [1.807, 2.05) is 6.92 Å². The highest BCUT2D eigenvalue weighted by Crippen LogP contribution is 2.28. The van der Waals surface area contributed by atoms with Gasteiger partial charge in [-0.2, -0.15) is 0 Å². The van der Waals surface area contributed by atoms with Crippen molar-refractivity contribution in [2.75, 3.05) is 0 Å². The van der Waals surface area contributed by atoms with Gasteiger partial charge < -0.3 is 5.11 Å². The van der Waals surface area contributed by atoms with Gasteiger partial charge in [-0.05, 0) is 19.3 Å². The second-order valence-corrected chi connectivity index (χ2v) is 5.53. The van der Waals surface area contributed by atoms with Crippen LogP contribution in [-0.4, -0.2) is 14.2 Å². The number of rotatable bonds is 4. The molecule has 0 atom stereocenters. The number of hydrogen-bond donors (Lipinski definition) is 1. The van der Waals surface area contributed by atoms with E-state index in [2.05, 4.69) is 4.98 Å². The highest BCUT2D eigenvalue weighted by atomic mass is 16.3. The molecule has 0 amide bonds. The smallest absolute Gasteiger partial charge is 0.488 e. The molecule has 1 aromatic rings. The van der Waals surface area contributed by atoms with Crippen LogP contribution in [0.1, 0.15) is 57.9 Å². The van der Waals surface area contributed by atoms with Crippen LogP contribution < -0.4 is 11.2 Å². The molecule has 114 valence electrons. The van der Waals surface area contributed by atoms with Crippen LogP contribution in [0.3, 0.4) is 0 Å². The lowest BCUT2D eigenvalue weighted by atomic mass is 9.95.